The lowest BCUT2D eigenvalue weighted by molar-refractivity contribution is -0.253. The molecule has 1 aliphatic rings. The Labute approximate surface area is 277 Å². The van der Waals surface area contributed by atoms with Crippen LogP contribution in [0.5, 0.6) is 0 Å². The Balaban J connectivity index is 1.27. The molecule has 8 heteroatoms. The van der Waals surface area contributed by atoms with Crippen molar-refractivity contribution in [1.29, 1.82) is 0 Å². The number of nitrogens with one attached hydrogen (secondary N) is 1. The van der Waals surface area contributed by atoms with Crippen LogP contribution in [0, 0.1) is 0 Å². The second-order valence-electron chi connectivity index (χ2n) is 12.6. The second kappa shape index (κ2) is 16.7. The number of aliphatic hydroxyl groups excluding tert-OH is 1. The summed E-state index contributed by atoms with van der Waals surface area (Å²) in [5.74, 6) is -0.858. The molecule has 0 radical (unpaired) electrons. The number of carboxylic acid groups (broad SMARTS) is 1. The first-order valence-electron chi connectivity index (χ1n) is 16.6. The van der Waals surface area contributed by atoms with Gasteiger partial charge in [-0.2, -0.15) is 0 Å². The highest BCUT2D eigenvalue weighted by molar-refractivity contribution is 5.90. The van der Waals surface area contributed by atoms with Gasteiger partial charge in [-0.3, -0.25) is 14.5 Å². The highest BCUT2D eigenvalue weighted by atomic mass is 16.7. The van der Waals surface area contributed by atoms with Gasteiger partial charge in [-0.15, -0.1) is 0 Å². The third-order valence-corrected chi connectivity index (χ3v) is 9.01. The van der Waals surface area contributed by atoms with Gasteiger partial charge in [0.2, 0.25) is 5.91 Å². The predicted molar refractivity (Wildman–Crippen MR) is 184 cm³/mol. The number of amides is 1. The maximum absolute atomic E-state index is 12.7. The Bertz CT molecular complexity index is 1620. The molecule has 8 nitrogen and oxygen atoms in total. The first-order chi connectivity index (χ1) is 22.8. The van der Waals surface area contributed by atoms with Crippen molar-refractivity contribution in [2.24, 2.45) is 0 Å². The fourth-order valence-corrected chi connectivity index (χ4v) is 6.14. The minimum atomic E-state index is -0.784. The minimum absolute atomic E-state index is 0.0130. The molecule has 4 atom stereocenters. The largest absolute Gasteiger partial charge is 0.481 e. The zero-order valence-corrected chi connectivity index (χ0v) is 27.3. The number of hydrogen-bond acceptors (Lipinski definition) is 6. The van der Waals surface area contributed by atoms with Crippen molar-refractivity contribution in [3.63, 3.8) is 0 Å². The predicted octanol–water partition coefficient (Wildman–Crippen LogP) is 7.93. The van der Waals surface area contributed by atoms with Gasteiger partial charge >= 0.3 is 5.97 Å². The summed E-state index contributed by atoms with van der Waals surface area (Å²) in [5.41, 5.74) is 4.62. The van der Waals surface area contributed by atoms with Gasteiger partial charge in [0, 0.05) is 43.1 Å². The monoisotopic (exact) mass is 638 g/mol. The van der Waals surface area contributed by atoms with E-state index in [1.165, 1.54) is 16.3 Å². The van der Waals surface area contributed by atoms with Crippen molar-refractivity contribution in [2.45, 2.75) is 83.0 Å². The summed E-state index contributed by atoms with van der Waals surface area (Å²) in [6, 6.07) is 30.7. The number of nitrogens with zero attached hydrogens (tertiary/aromatic N) is 1. The Kier molecular flexibility index (Phi) is 12.1. The van der Waals surface area contributed by atoms with E-state index in [9.17, 15) is 14.7 Å². The number of unbranched alkanes of at least 4 members (excludes halogenated alkanes) is 3. The molecule has 1 aliphatic heterocycles. The highest BCUT2D eigenvalue weighted by Crippen LogP contribution is 2.39. The molecule has 248 valence electrons. The number of likely N-dealkylation sites (N-methyl/N-ethyl adjacent to an activating group) is 1. The van der Waals surface area contributed by atoms with Crippen molar-refractivity contribution in [3.8, 4) is 0 Å². The summed E-state index contributed by atoms with van der Waals surface area (Å²) >= 11 is 0. The van der Waals surface area contributed by atoms with E-state index in [4.69, 9.17) is 14.6 Å². The quantitative estimate of drug-likeness (QED) is 0.114. The summed E-state index contributed by atoms with van der Waals surface area (Å²) in [7, 11) is 2.13. The van der Waals surface area contributed by atoms with Crippen LogP contribution in [0.15, 0.2) is 91.0 Å². The fraction of sp³-hybridized carbons (Fsp3) is 0.385. The summed E-state index contributed by atoms with van der Waals surface area (Å²) in [6.07, 6.45) is 3.21. The molecule has 1 saturated heterocycles. The molecule has 4 aromatic carbocycles. The third-order valence-electron chi connectivity index (χ3n) is 9.01. The Morgan fingerprint density at radius 2 is 1.60 bits per heavy atom. The SMILES string of the molecule is CC(c1ccc2ccccc2c1)N(C)CC1CC(c2ccc(CO)cc2)OC(c2cccc(NC(=O)CCCCCCC(=O)O)c2)O1. The zero-order valence-electron chi connectivity index (χ0n) is 27.3. The van der Waals surface area contributed by atoms with Gasteiger partial charge in [-0.25, -0.2) is 0 Å². The van der Waals surface area contributed by atoms with Crippen LogP contribution in [-0.4, -0.2) is 46.7 Å². The first kappa shape index (κ1) is 34.3. The van der Waals surface area contributed by atoms with Crippen LogP contribution in [0.3, 0.4) is 0 Å². The van der Waals surface area contributed by atoms with E-state index in [2.05, 4.69) is 66.7 Å². The van der Waals surface area contributed by atoms with Crippen molar-refractivity contribution in [2.75, 3.05) is 18.9 Å². The van der Waals surface area contributed by atoms with E-state index in [-0.39, 0.29) is 37.2 Å². The number of carboxylic acids is 1. The van der Waals surface area contributed by atoms with E-state index in [1.807, 2.05) is 48.5 Å². The Morgan fingerprint density at radius 3 is 2.34 bits per heavy atom. The molecule has 0 aliphatic carbocycles. The van der Waals surface area contributed by atoms with Crippen molar-refractivity contribution < 1.29 is 29.3 Å². The van der Waals surface area contributed by atoms with Crippen LogP contribution in [-0.2, 0) is 25.7 Å². The van der Waals surface area contributed by atoms with E-state index in [1.54, 1.807) is 0 Å². The Morgan fingerprint density at radius 1 is 0.851 bits per heavy atom. The first-order valence-corrected chi connectivity index (χ1v) is 16.6. The van der Waals surface area contributed by atoms with E-state index >= 15 is 0 Å². The van der Waals surface area contributed by atoms with Crippen LogP contribution in [0.2, 0.25) is 0 Å². The number of aliphatic hydroxyl groups is 1. The number of ether oxygens (including phenoxy) is 2. The molecule has 3 N–H and O–H groups in total. The maximum Gasteiger partial charge on any atom is 0.303 e. The van der Waals surface area contributed by atoms with E-state index in [0.29, 0.717) is 37.9 Å². The lowest BCUT2D eigenvalue weighted by Crippen LogP contribution is -2.38. The highest BCUT2D eigenvalue weighted by Gasteiger charge is 2.33. The number of benzene rings is 4. The number of carbonyl (C=O) groups is 2. The molecule has 1 heterocycles. The number of anilines is 1. The van der Waals surface area contributed by atoms with Crippen LogP contribution in [0.25, 0.3) is 10.8 Å². The molecule has 5 rings (SSSR count). The molecule has 47 heavy (non-hydrogen) atoms. The van der Waals surface area contributed by atoms with Gasteiger partial charge in [0.15, 0.2) is 6.29 Å². The maximum atomic E-state index is 12.7. The molecular weight excluding hydrogens is 592 g/mol. The lowest BCUT2D eigenvalue weighted by atomic mass is 9.98. The molecule has 0 saturated carbocycles. The number of carbonyl (C=O) groups excluding carboxylic acids is 1. The van der Waals surface area contributed by atoms with Crippen LogP contribution < -0.4 is 5.32 Å². The zero-order chi connectivity index (χ0) is 33.2. The normalized spacial score (nSPS) is 18.7. The molecule has 0 bridgehead atoms. The summed E-state index contributed by atoms with van der Waals surface area (Å²) < 4.78 is 13.2. The average molecular weight is 639 g/mol. The number of rotatable bonds is 15. The standard InChI is InChI=1S/C39H46N2O6/c1-27(31-21-20-29-10-7-8-11-32(29)22-31)41(2)25-35-24-36(30-18-16-28(26-42)17-19-30)47-39(46-35)33-12-9-13-34(23-33)40-37(43)14-5-3-4-6-15-38(44)45/h7-13,16-23,27,35-36,39,42H,3-6,14-15,24-26H2,1-2H3,(H,40,43)(H,44,45). The van der Waals surface area contributed by atoms with Gasteiger partial charge in [0.05, 0.1) is 18.8 Å². The van der Waals surface area contributed by atoms with Crippen LogP contribution >= 0.6 is 0 Å². The van der Waals surface area contributed by atoms with Crippen LogP contribution in [0.1, 0.15) is 92.6 Å². The number of fused-ring (bicyclic) bond motifs is 1. The van der Waals surface area contributed by atoms with Gasteiger partial charge in [-0.1, -0.05) is 85.6 Å². The van der Waals surface area contributed by atoms with E-state index in [0.717, 1.165) is 29.5 Å². The molecular formula is C39H46N2O6. The smallest absolute Gasteiger partial charge is 0.303 e. The fourth-order valence-electron chi connectivity index (χ4n) is 6.14. The van der Waals surface area contributed by atoms with Crippen molar-refractivity contribution in [3.05, 3.63) is 113 Å². The molecule has 0 aromatic heterocycles. The molecule has 4 aromatic rings. The molecule has 0 spiro atoms. The topological polar surface area (TPSA) is 108 Å². The van der Waals surface area contributed by atoms with Crippen molar-refractivity contribution in [1.82, 2.24) is 4.90 Å². The third kappa shape index (κ3) is 9.72. The number of aliphatic carboxylic acids is 1. The van der Waals surface area contributed by atoms with E-state index < -0.39 is 12.3 Å². The van der Waals surface area contributed by atoms with Crippen molar-refractivity contribution >= 4 is 28.3 Å². The van der Waals surface area contributed by atoms with Gasteiger partial charge < -0.3 is 25.0 Å². The molecule has 1 amide bonds. The van der Waals surface area contributed by atoms with Gasteiger partial charge in [0.1, 0.15) is 0 Å². The van der Waals surface area contributed by atoms with Crippen LogP contribution in [0.4, 0.5) is 5.69 Å². The summed E-state index contributed by atoms with van der Waals surface area (Å²) in [4.78, 5) is 25.7. The molecule has 1 fully saturated rings. The number of hydrogen-bond donors (Lipinski definition) is 3. The minimum Gasteiger partial charge on any atom is -0.481 e. The van der Waals surface area contributed by atoms with Gasteiger partial charge in [0.25, 0.3) is 0 Å². The Hall–Kier alpha value is -4.08. The summed E-state index contributed by atoms with van der Waals surface area (Å²) in [5, 5.41) is 23.8. The summed E-state index contributed by atoms with van der Waals surface area (Å²) in [6.45, 7) is 2.90. The second-order valence-corrected chi connectivity index (χ2v) is 12.6. The average Bonchev–Trinajstić information content (AvgIpc) is 3.09. The van der Waals surface area contributed by atoms with Gasteiger partial charge in [-0.05, 0) is 72.5 Å². The molecule has 4 unspecified atom stereocenters. The lowest BCUT2D eigenvalue weighted by Gasteiger charge is -2.39.